The molecule has 1 amide bonds. The van der Waals surface area contributed by atoms with E-state index in [2.05, 4.69) is 33.3 Å². The number of fused-ring (bicyclic) bond motifs is 2. The molecular formula is C27H30ClN7O2. The number of benzene rings is 1. The number of pyridine rings is 2. The van der Waals surface area contributed by atoms with Crippen LogP contribution in [0.2, 0.25) is 5.15 Å². The van der Waals surface area contributed by atoms with Crippen LogP contribution in [0.4, 0.5) is 11.5 Å². The molecule has 2 aliphatic heterocycles. The SMILES string of the molecule is CC(=O)N1CCN(c2nc(Cl)ccc2NC(C)c2cc(C)cc3c(=O)n4c5c(cnn5CCC4)c23)CC1. The summed E-state index contributed by atoms with van der Waals surface area (Å²) in [6.45, 7) is 9.93. The minimum Gasteiger partial charge on any atom is -0.376 e. The quantitative estimate of drug-likeness (QED) is 0.411. The summed E-state index contributed by atoms with van der Waals surface area (Å²) in [7, 11) is 0. The normalized spacial score (nSPS) is 16.4. The van der Waals surface area contributed by atoms with Crippen molar-refractivity contribution in [1.29, 1.82) is 0 Å². The highest BCUT2D eigenvalue weighted by molar-refractivity contribution is 6.29. The molecular weight excluding hydrogens is 490 g/mol. The zero-order chi connectivity index (χ0) is 25.8. The Hall–Kier alpha value is -3.59. The molecule has 5 heterocycles. The van der Waals surface area contributed by atoms with Crippen LogP contribution in [-0.4, -0.2) is 56.3 Å². The number of anilines is 2. The van der Waals surface area contributed by atoms with Crippen molar-refractivity contribution in [3.05, 3.63) is 57.1 Å². The van der Waals surface area contributed by atoms with E-state index >= 15 is 0 Å². The van der Waals surface area contributed by atoms with Crippen LogP contribution in [-0.2, 0) is 17.9 Å². The van der Waals surface area contributed by atoms with E-state index in [-0.39, 0.29) is 17.5 Å². The second kappa shape index (κ2) is 9.06. The smallest absolute Gasteiger partial charge is 0.260 e. The first-order chi connectivity index (χ1) is 17.8. The summed E-state index contributed by atoms with van der Waals surface area (Å²) in [6, 6.07) is 7.77. The fraction of sp³-hybridized carbons (Fsp3) is 0.407. The standard InChI is InChI=1S/C27H30ClN7O2/c1-16-13-19(24-20(14-16)27(37)34-7-4-8-35-26(34)21(24)15-29-35)17(2)30-22-5-6-23(28)31-25(22)33-11-9-32(10-12-33)18(3)36/h5-6,13-15,17,30H,4,7-12H2,1-3H3. The number of piperazine rings is 1. The summed E-state index contributed by atoms with van der Waals surface area (Å²) in [5, 5.41) is 11.4. The number of hydrogen-bond donors (Lipinski definition) is 1. The lowest BCUT2D eigenvalue weighted by molar-refractivity contribution is -0.129. The number of aryl methyl sites for hydroxylation is 3. The average Bonchev–Trinajstić information content (AvgIpc) is 3.32. The molecule has 0 bridgehead atoms. The molecule has 10 heteroatoms. The fourth-order valence-electron chi connectivity index (χ4n) is 5.78. The highest BCUT2D eigenvalue weighted by Gasteiger charge is 2.25. The van der Waals surface area contributed by atoms with Gasteiger partial charge in [-0.3, -0.25) is 14.2 Å². The molecule has 3 aromatic heterocycles. The van der Waals surface area contributed by atoms with Crippen molar-refractivity contribution < 1.29 is 4.79 Å². The van der Waals surface area contributed by atoms with Crippen molar-refractivity contribution in [3.63, 3.8) is 0 Å². The molecule has 1 unspecified atom stereocenters. The van der Waals surface area contributed by atoms with Gasteiger partial charge in [-0.05, 0) is 49.6 Å². The van der Waals surface area contributed by atoms with Crippen molar-refractivity contribution in [3.8, 4) is 0 Å². The molecule has 0 aliphatic carbocycles. The molecule has 1 N–H and O–H groups in total. The van der Waals surface area contributed by atoms with Crippen LogP contribution >= 0.6 is 11.6 Å². The Labute approximate surface area is 219 Å². The topological polar surface area (TPSA) is 88.3 Å². The van der Waals surface area contributed by atoms with Crippen molar-refractivity contribution in [2.75, 3.05) is 36.4 Å². The minimum absolute atomic E-state index is 0.0401. The highest BCUT2D eigenvalue weighted by Crippen LogP contribution is 2.35. The molecule has 2 aliphatic rings. The monoisotopic (exact) mass is 519 g/mol. The lowest BCUT2D eigenvalue weighted by atomic mass is 9.95. The molecule has 0 radical (unpaired) electrons. The number of aromatic nitrogens is 4. The molecule has 192 valence electrons. The van der Waals surface area contributed by atoms with Gasteiger partial charge in [0.15, 0.2) is 5.82 Å². The van der Waals surface area contributed by atoms with E-state index in [0.717, 1.165) is 57.4 Å². The molecule has 1 aromatic carbocycles. The lowest BCUT2D eigenvalue weighted by Crippen LogP contribution is -2.48. The Morgan fingerprint density at radius 2 is 1.86 bits per heavy atom. The van der Waals surface area contributed by atoms with Crippen LogP contribution in [0.5, 0.6) is 0 Å². The number of nitrogens with one attached hydrogen (secondary N) is 1. The van der Waals surface area contributed by atoms with Crippen LogP contribution in [0.3, 0.4) is 0 Å². The van der Waals surface area contributed by atoms with E-state index in [1.807, 2.05) is 39.4 Å². The molecule has 37 heavy (non-hydrogen) atoms. The summed E-state index contributed by atoms with van der Waals surface area (Å²) >= 11 is 6.31. The van der Waals surface area contributed by atoms with Gasteiger partial charge in [-0.25, -0.2) is 9.67 Å². The molecule has 4 aromatic rings. The number of carbonyl (C=O) groups excluding carboxylic acids is 1. The Bertz CT molecular complexity index is 1600. The third-order valence-corrected chi connectivity index (χ3v) is 7.79. The third kappa shape index (κ3) is 4.01. The largest absolute Gasteiger partial charge is 0.376 e. The van der Waals surface area contributed by atoms with E-state index in [0.29, 0.717) is 37.9 Å². The van der Waals surface area contributed by atoms with Gasteiger partial charge in [-0.2, -0.15) is 5.10 Å². The van der Waals surface area contributed by atoms with Crippen molar-refractivity contribution in [1.82, 2.24) is 24.2 Å². The van der Waals surface area contributed by atoms with Crippen LogP contribution in [0.1, 0.15) is 37.4 Å². The second-order valence-electron chi connectivity index (χ2n) is 10.1. The van der Waals surface area contributed by atoms with E-state index in [1.165, 1.54) is 0 Å². The van der Waals surface area contributed by atoms with Gasteiger partial charge >= 0.3 is 0 Å². The Morgan fingerprint density at radius 1 is 1.08 bits per heavy atom. The first-order valence-corrected chi connectivity index (χ1v) is 13.2. The van der Waals surface area contributed by atoms with Gasteiger partial charge in [0.1, 0.15) is 10.8 Å². The van der Waals surface area contributed by atoms with E-state index in [4.69, 9.17) is 11.6 Å². The van der Waals surface area contributed by atoms with Crippen LogP contribution in [0.15, 0.2) is 35.3 Å². The van der Waals surface area contributed by atoms with Crippen LogP contribution < -0.4 is 15.8 Å². The maximum absolute atomic E-state index is 13.6. The van der Waals surface area contributed by atoms with Gasteiger partial charge in [-0.15, -0.1) is 0 Å². The predicted octanol–water partition coefficient (Wildman–Crippen LogP) is 3.95. The average molecular weight is 520 g/mol. The minimum atomic E-state index is -0.118. The van der Waals surface area contributed by atoms with Crippen molar-refractivity contribution >= 4 is 50.8 Å². The molecule has 9 nitrogen and oxygen atoms in total. The first kappa shape index (κ1) is 23.8. The van der Waals surface area contributed by atoms with E-state index in [9.17, 15) is 9.59 Å². The summed E-state index contributed by atoms with van der Waals surface area (Å²) in [5.74, 6) is 0.861. The number of nitrogens with zero attached hydrogens (tertiary/aromatic N) is 6. The highest BCUT2D eigenvalue weighted by atomic mass is 35.5. The van der Waals surface area contributed by atoms with Crippen LogP contribution in [0, 0.1) is 6.92 Å². The van der Waals surface area contributed by atoms with Gasteiger partial charge < -0.3 is 15.1 Å². The maximum atomic E-state index is 13.6. The van der Waals surface area contributed by atoms with E-state index < -0.39 is 0 Å². The molecule has 0 saturated carbocycles. The number of halogens is 1. The van der Waals surface area contributed by atoms with Crippen molar-refractivity contribution in [2.24, 2.45) is 0 Å². The Kier molecular flexibility index (Phi) is 5.82. The van der Waals surface area contributed by atoms with Gasteiger partial charge in [0.05, 0.1) is 11.9 Å². The molecule has 1 atom stereocenters. The summed E-state index contributed by atoms with van der Waals surface area (Å²) < 4.78 is 3.82. The Morgan fingerprint density at radius 3 is 2.62 bits per heavy atom. The van der Waals surface area contributed by atoms with Gasteiger partial charge in [0, 0.05) is 68.4 Å². The predicted molar refractivity (Wildman–Crippen MR) is 147 cm³/mol. The first-order valence-electron chi connectivity index (χ1n) is 12.8. The lowest BCUT2D eigenvalue weighted by Gasteiger charge is -2.36. The Balaban J connectivity index is 1.42. The maximum Gasteiger partial charge on any atom is 0.260 e. The summed E-state index contributed by atoms with van der Waals surface area (Å²) in [5.41, 5.74) is 3.89. The number of amides is 1. The third-order valence-electron chi connectivity index (χ3n) is 7.58. The fourth-order valence-corrected chi connectivity index (χ4v) is 5.92. The number of hydrogen-bond acceptors (Lipinski definition) is 6. The zero-order valence-electron chi connectivity index (χ0n) is 21.3. The number of rotatable bonds is 4. The summed E-state index contributed by atoms with van der Waals surface area (Å²) in [6.07, 6.45) is 2.80. The molecule has 0 spiro atoms. The van der Waals surface area contributed by atoms with Crippen molar-refractivity contribution in [2.45, 2.75) is 46.3 Å². The van der Waals surface area contributed by atoms with Gasteiger partial charge in [-0.1, -0.05) is 17.7 Å². The molecule has 1 saturated heterocycles. The second-order valence-corrected chi connectivity index (χ2v) is 10.4. The zero-order valence-corrected chi connectivity index (χ0v) is 22.0. The summed E-state index contributed by atoms with van der Waals surface area (Å²) in [4.78, 5) is 34.0. The molecule has 6 rings (SSSR count). The van der Waals surface area contributed by atoms with Crippen LogP contribution in [0.25, 0.3) is 21.8 Å². The number of carbonyl (C=O) groups is 1. The molecule has 1 fully saturated rings. The van der Waals surface area contributed by atoms with Gasteiger partial charge in [0.25, 0.3) is 5.56 Å². The van der Waals surface area contributed by atoms with Gasteiger partial charge in [0.2, 0.25) is 5.91 Å². The van der Waals surface area contributed by atoms with E-state index in [1.54, 1.807) is 13.0 Å².